The van der Waals surface area contributed by atoms with Crippen LogP contribution in [0.2, 0.25) is 0 Å². The fraction of sp³-hybridized carbons (Fsp3) is 0.190. The maximum absolute atomic E-state index is 13.3. The number of carbonyl (C=O) groups is 1. The van der Waals surface area contributed by atoms with Gasteiger partial charge in [0.1, 0.15) is 0 Å². The molecular weight excluding hydrogens is 431 g/mol. The van der Waals surface area contributed by atoms with Gasteiger partial charge in [0.15, 0.2) is 9.84 Å². The molecule has 0 saturated carbocycles. The van der Waals surface area contributed by atoms with Crippen molar-refractivity contribution in [1.82, 2.24) is 10.2 Å². The summed E-state index contributed by atoms with van der Waals surface area (Å²) in [6, 6.07) is 9.42. The molecule has 0 N–H and O–H groups in total. The first-order chi connectivity index (χ1) is 14.4. The highest BCUT2D eigenvalue weighted by Gasteiger charge is 2.33. The molecule has 3 aromatic rings. The van der Waals surface area contributed by atoms with Gasteiger partial charge in [-0.25, -0.2) is 8.42 Å². The zero-order valence-corrected chi connectivity index (χ0v) is 17.6. The molecule has 0 radical (unpaired) electrons. The first-order valence-corrected chi connectivity index (χ1v) is 10.9. The van der Waals surface area contributed by atoms with Crippen molar-refractivity contribution in [3.8, 4) is 11.1 Å². The molecule has 1 amide bonds. The summed E-state index contributed by atoms with van der Waals surface area (Å²) in [5.74, 6) is -0.821. The molecule has 0 fully saturated rings. The van der Waals surface area contributed by atoms with E-state index < -0.39 is 37.9 Å². The van der Waals surface area contributed by atoms with Crippen molar-refractivity contribution in [2.75, 3.05) is 18.2 Å². The molecule has 10 heteroatoms. The molecule has 0 aliphatic rings. The summed E-state index contributed by atoms with van der Waals surface area (Å²) in [4.78, 5) is 13.6. The summed E-state index contributed by atoms with van der Waals surface area (Å²) >= 11 is 0. The van der Waals surface area contributed by atoms with E-state index in [1.165, 1.54) is 19.4 Å². The Bertz CT molecular complexity index is 1260. The number of aromatic nitrogens is 2. The van der Waals surface area contributed by atoms with Crippen LogP contribution in [0, 0.1) is 6.92 Å². The van der Waals surface area contributed by atoms with Gasteiger partial charge in [-0.15, -0.1) is 0 Å². The number of carbonyl (C=O) groups excluding carboxylic acids is 1. The molecule has 0 saturated heterocycles. The van der Waals surface area contributed by atoms with Gasteiger partial charge in [0.05, 0.1) is 28.5 Å². The number of amides is 1. The Morgan fingerprint density at radius 2 is 1.65 bits per heavy atom. The zero-order valence-electron chi connectivity index (χ0n) is 16.8. The molecule has 162 valence electrons. The smallest absolute Gasteiger partial charge is 0.309 e. The zero-order chi connectivity index (χ0) is 23.0. The normalized spacial score (nSPS) is 11.9. The molecular formula is C21H18F3N3O3S. The van der Waals surface area contributed by atoms with Crippen molar-refractivity contribution >= 4 is 21.4 Å². The van der Waals surface area contributed by atoms with Crippen LogP contribution in [0.4, 0.5) is 18.9 Å². The minimum atomic E-state index is -4.82. The second-order valence-electron chi connectivity index (χ2n) is 6.98. The van der Waals surface area contributed by atoms with E-state index in [2.05, 4.69) is 10.2 Å². The second kappa shape index (κ2) is 8.10. The van der Waals surface area contributed by atoms with E-state index in [0.29, 0.717) is 23.4 Å². The first-order valence-electron chi connectivity index (χ1n) is 8.96. The van der Waals surface area contributed by atoms with Gasteiger partial charge < -0.3 is 4.90 Å². The van der Waals surface area contributed by atoms with E-state index in [4.69, 9.17) is 0 Å². The molecule has 1 heterocycles. The van der Waals surface area contributed by atoms with Crippen LogP contribution >= 0.6 is 0 Å². The number of benzene rings is 2. The number of anilines is 1. The highest BCUT2D eigenvalue weighted by molar-refractivity contribution is 7.90. The van der Waals surface area contributed by atoms with Gasteiger partial charge in [-0.2, -0.15) is 23.4 Å². The minimum absolute atomic E-state index is 0.313. The maximum atomic E-state index is 13.3. The summed E-state index contributed by atoms with van der Waals surface area (Å²) in [6.07, 6.45) is -1.26. The molecule has 0 atom stereocenters. The molecule has 0 aliphatic heterocycles. The van der Waals surface area contributed by atoms with Crippen LogP contribution in [0.25, 0.3) is 11.1 Å². The van der Waals surface area contributed by atoms with Crippen LogP contribution in [-0.4, -0.2) is 37.8 Å². The molecule has 3 rings (SSSR count). The Hall–Kier alpha value is -3.27. The van der Waals surface area contributed by atoms with Gasteiger partial charge in [0, 0.05) is 24.4 Å². The highest BCUT2D eigenvalue weighted by Crippen LogP contribution is 2.34. The van der Waals surface area contributed by atoms with Crippen molar-refractivity contribution in [3.63, 3.8) is 0 Å². The number of aryl methyl sites for hydroxylation is 1. The van der Waals surface area contributed by atoms with E-state index in [-0.39, 0.29) is 0 Å². The first kappa shape index (κ1) is 22.4. The quantitative estimate of drug-likeness (QED) is 0.598. The number of hydrogen-bond donors (Lipinski definition) is 0. The summed E-state index contributed by atoms with van der Waals surface area (Å²) < 4.78 is 63.7. The summed E-state index contributed by atoms with van der Waals surface area (Å²) in [6.45, 7) is 1.87. The number of rotatable bonds is 4. The standard InChI is InChI=1S/C21H18F3N3O3S/c1-13-6-4-5-7-17(13)18-11-25-26-12-19(18)27(2)20(28)14-8-15(21(22,23)24)10-16(9-14)31(3,29)30/h4-12H,1-3H3. The second-order valence-corrected chi connectivity index (χ2v) is 9.00. The molecule has 0 bridgehead atoms. The Labute approximate surface area is 177 Å². The fourth-order valence-electron chi connectivity index (χ4n) is 3.07. The molecule has 0 unspecified atom stereocenters. The lowest BCUT2D eigenvalue weighted by molar-refractivity contribution is -0.137. The SMILES string of the molecule is Cc1ccccc1-c1cnncc1N(C)C(=O)c1cc(C(F)(F)F)cc(S(C)(=O)=O)c1. The average Bonchev–Trinajstić information content (AvgIpc) is 2.71. The van der Waals surface area contributed by atoms with Gasteiger partial charge in [0.25, 0.3) is 5.91 Å². The Morgan fingerprint density at radius 3 is 2.26 bits per heavy atom. The van der Waals surface area contributed by atoms with Crippen LogP contribution < -0.4 is 4.90 Å². The summed E-state index contributed by atoms with van der Waals surface area (Å²) in [7, 11) is -2.61. The van der Waals surface area contributed by atoms with E-state index in [1.807, 2.05) is 25.1 Å². The maximum Gasteiger partial charge on any atom is 0.416 e. The van der Waals surface area contributed by atoms with Gasteiger partial charge in [-0.3, -0.25) is 4.79 Å². The molecule has 0 aliphatic carbocycles. The monoisotopic (exact) mass is 449 g/mol. The molecule has 0 spiro atoms. The van der Waals surface area contributed by atoms with E-state index in [0.717, 1.165) is 28.3 Å². The van der Waals surface area contributed by atoms with Crippen LogP contribution in [0.5, 0.6) is 0 Å². The lowest BCUT2D eigenvalue weighted by Gasteiger charge is -2.21. The largest absolute Gasteiger partial charge is 0.416 e. The topological polar surface area (TPSA) is 80.2 Å². The summed E-state index contributed by atoms with van der Waals surface area (Å²) in [5, 5.41) is 7.65. The molecule has 6 nitrogen and oxygen atoms in total. The minimum Gasteiger partial charge on any atom is -0.309 e. The number of halogens is 3. The van der Waals surface area contributed by atoms with Crippen LogP contribution in [0.1, 0.15) is 21.5 Å². The average molecular weight is 449 g/mol. The number of alkyl halides is 3. The third kappa shape index (κ3) is 4.74. The number of sulfone groups is 1. The molecule has 2 aromatic carbocycles. The molecule has 31 heavy (non-hydrogen) atoms. The Balaban J connectivity index is 2.13. The Kier molecular flexibility index (Phi) is 5.86. The van der Waals surface area contributed by atoms with Crippen molar-refractivity contribution in [2.45, 2.75) is 18.0 Å². The van der Waals surface area contributed by atoms with Gasteiger partial charge in [-0.1, -0.05) is 24.3 Å². The predicted octanol–water partition coefficient (Wildman–Crippen LogP) is 4.15. The lowest BCUT2D eigenvalue weighted by atomic mass is 10.0. The van der Waals surface area contributed by atoms with Gasteiger partial charge in [-0.05, 0) is 36.2 Å². The van der Waals surface area contributed by atoms with Crippen LogP contribution in [0.15, 0.2) is 59.8 Å². The van der Waals surface area contributed by atoms with Crippen molar-refractivity contribution < 1.29 is 26.4 Å². The van der Waals surface area contributed by atoms with E-state index >= 15 is 0 Å². The Morgan fingerprint density at radius 1 is 1.00 bits per heavy atom. The van der Waals surface area contributed by atoms with Crippen LogP contribution in [0.3, 0.4) is 0 Å². The number of nitrogens with zero attached hydrogens (tertiary/aromatic N) is 3. The van der Waals surface area contributed by atoms with Crippen molar-refractivity contribution in [1.29, 1.82) is 0 Å². The van der Waals surface area contributed by atoms with E-state index in [1.54, 1.807) is 6.07 Å². The van der Waals surface area contributed by atoms with Crippen molar-refractivity contribution in [3.05, 3.63) is 71.5 Å². The molecule has 1 aromatic heterocycles. The van der Waals surface area contributed by atoms with Gasteiger partial charge in [0.2, 0.25) is 0 Å². The third-order valence-electron chi connectivity index (χ3n) is 4.72. The van der Waals surface area contributed by atoms with Crippen molar-refractivity contribution in [2.24, 2.45) is 0 Å². The van der Waals surface area contributed by atoms with Crippen LogP contribution in [-0.2, 0) is 16.0 Å². The third-order valence-corrected chi connectivity index (χ3v) is 5.81. The number of hydrogen-bond acceptors (Lipinski definition) is 5. The predicted molar refractivity (Wildman–Crippen MR) is 109 cm³/mol. The van der Waals surface area contributed by atoms with Gasteiger partial charge >= 0.3 is 6.18 Å². The fourth-order valence-corrected chi connectivity index (χ4v) is 3.75. The van der Waals surface area contributed by atoms with E-state index in [9.17, 15) is 26.4 Å². The highest BCUT2D eigenvalue weighted by atomic mass is 32.2. The lowest BCUT2D eigenvalue weighted by Crippen LogP contribution is -2.27. The summed E-state index contributed by atoms with van der Waals surface area (Å²) in [5.41, 5.74) is 0.903.